The molecule has 20 heavy (non-hydrogen) atoms. The van der Waals surface area contributed by atoms with Crippen molar-refractivity contribution in [3.05, 3.63) is 29.6 Å². The van der Waals surface area contributed by atoms with Gasteiger partial charge in [-0.2, -0.15) is 5.10 Å². The highest BCUT2D eigenvalue weighted by Crippen LogP contribution is 2.31. The largest absolute Gasteiger partial charge is 0.372 e. The lowest BCUT2D eigenvalue weighted by atomic mass is 9.93. The third kappa shape index (κ3) is 2.81. The van der Waals surface area contributed by atoms with E-state index in [-0.39, 0.29) is 6.10 Å². The van der Waals surface area contributed by atoms with Crippen molar-refractivity contribution in [1.29, 1.82) is 0 Å². The van der Waals surface area contributed by atoms with Gasteiger partial charge in [0.25, 0.3) is 0 Å². The van der Waals surface area contributed by atoms with E-state index < -0.39 is 0 Å². The van der Waals surface area contributed by atoms with Crippen LogP contribution in [-0.4, -0.2) is 29.0 Å². The minimum Gasteiger partial charge on any atom is -0.372 e. The van der Waals surface area contributed by atoms with Crippen LogP contribution in [0, 0.1) is 12.8 Å². The van der Waals surface area contributed by atoms with Gasteiger partial charge >= 0.3 is 0 Å². The van der Waals surface area contributed by atoms with Crippen LogP contribution >= 0.6 is 0 Å². The first-order valence-corrected chi connectivity index (χ1v) is 7.74. The van der Waals surface area contributed by atoms with Crippen molar-refractivity contribution in [2.45, 2.75) is 44.8 Å². The maximum absolute atomic E-state index is 5.96. The molecular formula is C16H25N3O. The lowest BCUT2D eigenvalue weighted by Gasteiger charge is -2.24. The molecule has 2 heterocycles. The number of hydrogen-bond donors (Lipinski definition) is 1. The maximum atomic E-state index is 5.96. The summed E-state index contributed by atoms with van der Waals surface area (Å²) in [6.45, 7) is 4.07. The lowest BCUT2D eigenvalue weighted by molar-refractivity contribution is 0.0972. The van der Waals surface area contributed by atoms with E-state index in [9.17, 15) is 0 Å². The van der Waals surface area contributed by atoms with E-state index in [2.05, 4.69) is 29.5 Å². The average Bonchev–Trinajstić information content (AvgIpc) is 3.06. The topological polar surface area (TPSA) is 39.1 Å². The predicted molar refractivity (Wildman–Crippen MR) is 79.5 cm³/mol. The average molecular weight is 275 g/mol. The molecule has 4 heteroatoms. The number of nitrogens with zero attached hydrogens (tertiary/aromatic N) is 2. The summed E-state index contributed by atoms with van der Waals surface area (Å²) in [5.41, 5.74) is 2.45. The SMILES string of the molecule is Cc1c([C@H]2OCC[C@@H]2NC[C@H]2CC=CCC2)cnn1C. The van der Waals surface area contributed by atoms with Crippen molar-refractivity contribution in [3.63, 3.8) is 0 Å². The normalized spacial score (nSPS) is 30.0. The van der Waals surface area contributed by atoms with Gasteiger partial charge in [-0.15, -0.1) is 0 Å². The zero-order valence-electron chi connectivity index (χ0n) is 12.5. The summed E-state index contributed by atoms with van der Waals surface area (Å²) in [4.78, 5) is 0. The van der Waals surface area contributed by atoms with E-state index in [0.717, 1.165) is 25.5 Å². The number of ether oxygens (including phenoxy) is 1. The van der Waals surface area contributed by atoms with Gasteiger partial charge < -0.3 is 10.1 Å². The van der Waals surface area contributed by atoms with Crippen LogP contribution in [0.3, 0.4) is 0 Å². The number of nitrogens with one attached hydrogen (secondary N) is 1. The van der Waals surface area contributed by atoms with Crippen molar-refractivity contribution in [3.8, 4) is 0 Å². The first-order chi connectivity index (χ1) is 9.75. The second-order valence-electron chi connectivity index (χ2n) is 6.05. The van der Waals surface area contributed by atoms with E-state index in [1.807, 2.05) is 17.9 Å². The van der Waals surface area contributed by atoms with E-state index in [1.165, 1.54) is 30.5 Å². The number of allylic oxidation sites excluding steroid dienone is 2. The Morgan fingerprint density at radius 3 is 3.00 bits per heavy atom. The molecule has 1 fully saturated rings. The third-order valence-electron chi connectivity index (χ3n) is 4.72. The molecule has 3 atom stereocenters. The van der Waals surface area contributed by atoms with Gasteiger partial charge in [-0.1, -0.05) is 12.2 Å². The fourth-order valence-electron chi connectivity index (χ4n) is 3.26. The second-order valence-corrected chi connectivity index (χ2v) is 6.05. The molecule has 2 aliphatic rings. The fourth-order valence-corrected chi connectivity index (χ4v) is 3.26. The Labute approximate surface area is 121 Å². The number of rotatable bonds is 4. The molecule has 110 valence electrons. The van der Waals surface area contributed by atoms with Gasteiger partial charge in [-0.05, 0) is 45.1 Å². The summed E-state index contributed by atoms with van der Waals surface area (Å²) in [6.07, 6.45) is 11.6. The maximum Gasteiger partial charge on any atom is 0.101 e. The van der Waals surface area contributed by atoms with Crippen molar-refractivity contribution in [2.24, 2.45) is 13.0 Å². The van der Waals surface area contributed by atoms with Gasteiger partial charge in [-0.25, -0.2) is 0 Å². The molecule has 0 bridgehead atoms. The number of aromatic nitrogens is 2. The standard InChI is InChI=1S/C16H25N3O/c1-12-14(11-18-19(12)2)16-15(8-9-20-16)17-10-13-6-4-3-5-7-13/h3-4,11,13,15-17H,5-10H2,1-2H3/t13-,15-,16+/m0/s1. The Hall–Kier alpha value is -1.13. The third-order valence-corrected chi connectivity index (χ3v) is 4.72. The molecule has 0 aromatic carbocycles. The quantitative estimate of drug-likeness (QED) is 0.858. The Bertz CT molecular complexity index is 480. The van der Waals surface area contributed by atoms with Gasteiger partial charge in [0.15, 0.2) is 0 Å². The predicted octanol–water partition coefficient (Wildman–Crippen LogP) is 2.50. The molecule has 0 saturated carbocycles. The van der Waals surface area contributed by atoms with E-state index in [1.54, 1.807) is 0 Å². The fraction of sp³-hybridized carbons (Fsp3) is 0.688. The molecule has 1 aromatic heterocycles. The zero-order valence-corrected chi connectivity index (χ0v) is 12.5. The van der Waals surface area contributed by atoms with Crippen molar-refractivity contribution in [2.75, 3.05) is 13.2 Å². The van der Waals surface area contributed by atoms with Crippen LogP contribution in [0.15, 0.2) is 18.3 Å². The van der Waals surface area contributed by atoms with E-state index in [0.29, 0.717) is 6.04 Å². The summed E-state index contributed by atoms with van der Waals surface area (Å²) >= 11 is 0. The highest BCUT2D eigenvalue weighted by atomic mass is 16.5. The van der Waals surface area contributed by atoms with Crippen LogP contribution in [0.5, 0.6) is 0 Å². The molecule has 1 N–H and O–H groups in total. The van der Waals surface area contributed by atoms with Crippen LogP contribution in [0.1, 0.15) is 43.0 Å². The first-order valence-electron chi connectivity index (χ1n) is 7.74. The molecular weight excluding hydrogens is 250 g/mol. The molecule has 0 radical (unpaired) electrons. The molecule has 0 spiro atoms. The molecule has 0 amide bonds. The van der Waals surface area contributed by atoms with E-state index >= 15 is 0 Å². The van der Waals surface area contributed by atoms with Crippen LogP contribution in [0.2, 0.25) is 0 Å². The number of aryl methyl sites for hydroxylation is 1. The summed E-state index contributed by atoms with van der Waals surface area (Å²) in [7, 11) is 1.99. The molecule has 4 nitrogen and oxygen atoms in total. The zero-order chi connectivity index (χ0) is 13.9. The second kappa shape index (κ2) is 6.10. The summed E-state index contributed by atoms with van der Waals surface area (Å²) in [5, 5.41) is 8.09. The molecule has 0 unspecified atom stereocenters. The van der Waals surface area contributed by atoms with Crippen LogP contribution in [0.25, 0.3) is 0 Å². The lowest BCUT2D eigenvalue weighted by Crippen LogP contribution is -2.35. The van der Waals surface area contributed by atoms with Gasteiger partial charge in [0.05, 0.1) is 6.20 Å². The van der Waals surface area contributed by atoms with Gasteiger partial charge in [0, 0.05) is 31.0 Å². The van der Waals surface area contributed by atoms with Gasteiger partial charge in [-0.3, -0.25) is 4.68 Å². The van der Waals surface area contributed by atoms with Crippen molar-refractivity contribution >= 4 is 0 Å². The highest BCUT2D eigenvalue weighted by molar-refractivity contribution is 5.21. The monoisotopic (exact) mass is 275 g/mol. The Morgan fingerprint density at radius 2 is 2.30 bits per heavy atom. The van der Waals surface area contributed by atoms with Gasteiger partial charge in [0.2, 0.25) is 0 Å². The molecule has 1 saturated heterocycles. The van der Waals surface area contributed by atoms with Crippen LogP contribution < -0.4 is 5.32 Å². The minimum absolute atomic E-state index is 0.169. The Kier molecular flexibility index (Phi) is 4.22. The van der Waals surface area contributed by atoms with Crippen molar-refractivity contribution in [1.82, 2.24) is 15.1 Å². The summed E-state index contributed by atoms with van der Waals surface area (Å²) in [6, 6.07) is 0.434. The van der Waals surface area contributed by atoms with Crippen LogP contribution in [-0.2, 0) is 11.8 Å². The molecule has 1 aliphatic heterocycles. The molecule has 1 aliphatic carbocycles. The molecule has 3 rings (SSSR count). The van der Waals surface area contributed by atoms with Crippen LogP contribution in [0.4, 0.5) is 0 Å². The summed E-state index contributed by atoms with van der Waals surface area (Å²) < 4.78 is 7.89. The minimum atomic E-state index is 0.169. The van der Waals surface area contributed by atoms with Crippen molar-refractivity contribution < 1.29 is 4.74 Å². The Morgan fingerprint density at radius 1 is 1.40 bits per heavy atom. The smallest absolute Gasteiger partial charge is 0.101 e. The van der Waals surface area contributed by atoms with E-state index in [4.69, 9.17) is 4.74 Å². The summed E-state index contributed by atoms with van der Waals surface area (Å²) in [5.74, 6) is 0.788. The number of hydrogen-bond acceptors (Lipinski definition) is 3. The first kappa shape index (κ1) is 13.8. The Balaban J connectivity index is 1.61. The highest BCUT2D eigenvalue weighted by Gasteiger charge is 2.32. The van der Waals surface area contributed by atoms with Gasteiger partial charge in [0.1, 0.15) is 6.10 Å². The molecule has 1 aromatic rings.